The van der Waals surface area contributed by atoms with Gasteiger partial charge in [0.1, 0.15) is 0 Å². The van der Waals surface area contributed by atoms with Gasteiger partial charge in [0.25, 0.3) is 0 Å². The molecule has 0 radical (unpaired) electrons. The summed E-state index contributed by atoms with van der Waals surface area (Å²) in [4.78, 5) is 20.2. The van der Waals surface area contributed by atoms with Crippen LogP contribution in [0, 0.1) is 0 Å². The lowest BCUT2D eigenvalue weighted by Crippen LogP contribution is -2.12. The molecule has 2 aromatic heterocycles. The smallest absolute Gasteiger partial charge is 0.202 e. The summed E-state index contributed by atoms with van der Waals surface area (Å²) in [5.74, 6) is 0.576. The third-order valence-electron chi connectivity index (χ3n) is 2.52. The first kappa shape index (κ1) is 11.5. The minimum Gasteiger partial charge on any atom is -0.329 e. The molecule has 0 N–H and O–H groups in total. The highest BCUT2D eigenvalue weighted by atomic mass is 16.1. The molecular weight excluding hydrogens is 214 g/mol. The zero-order valence-corrected chi connectivity index (χ0v) is 9.84. The Balaban J connectivity index is 2.12. The maximum Gasteiger partial charge on any atom is 0.202 e. The Kier molecular flexibility index (Phi) is 3.65. The molecule has 0 aromatic carbocycles. The summed E-state index contributed by atoms with van der Waals surface area (Å²) in [5.41, 5.74) is 0.920. The summed E-state index contributed by atoms with van der Waals surface area (Å²) >= 11 is 0. The van der Waals surface area contributed by atoms with E-state index in [2.05, 4.69) is 16.9 Å². The Morgan fingerprint density at radius 2 is 2.29 bits per heavy atom. The molecule has 0 atom stereocenters. The van der Waals surface area contributed by atoms with Gasteiger partial charge in [-0.1, -0.05) is 13.0 Å². The standard InChI is InChI=1S/C13H15N3O/c1-2-7-16-8-6-15-13(16)12(17)9-11-4-3-5-14-10-11/h3-6,8,10H,2,7,9H2,1H3. The molecule has 0 saturated heterocycles. The molecule has 2 heterocycles. The van der Waals surface area contributed by atoms with Gasteiger partial charge in [-0.3, -0.25) is 9.78 Å². The molecular formula is C13H15N3O. The maximum atomic E-state index is 12.1. The van der Waals surface area contributed by atoms with Gasteiger partial charge in [0.05, 0.1) is 0 Å². The quantitative estimate of drug-likeness (QED) is 0.738. The molecule has 0 saturated carbocycles. The van der Waals surface area contributed by atoms with Gasteiger partial charge in [-0.05, 0) is 18.1 Å². The molecule has 0 aliphatic heterocycles. The molecule has 0 fully saturated rings. The second-order valence-corrected chi connectivity index (χ2v) is 3.91. The highest BCUT2D eigenvalue weighted by molar-refractivity contribution is 5.94. The van der Waals surface area contributed by atoms with Crippen molar-refractivity contribution in [1.29, 1.82) is 0 Å². The molecule has 0 aliphatic rings. The normalized spacial score (nSPS) is 10.4. The molecule has 17 heavy (non-hydrogen) atoms. The number of imidazole rings is 1. The molecule has 0 amide bonds. The molecule has 0 unspecified atom stereocenters. The first-order valence-corrected chi connectivity index (χ1v) is 5.74. The number of aromatic nitrogens is 3. The van der Waals surface area contributed by atoms with Crippen LogP contribution in [0.3, 0.4) is 0 Å². The predicted molar refractivity (Wildman–Crippen MR) is 64.8 cm³/mol. The first-order chi connectivity index (χ1) is 8.31. The van der Waals surface area contributed by atoms with Gasteiger partial charge in [-0.15, -0.1) is 0 Å². The Morgan fingerprint density at radius 3 is 3.00 bits per heavy atom. The fraction of sp³-hybridized carbons (Fsp3) is 0.308. The van der Waals surface area contributed by atoms with Crippen molar-refractivity contribution < 1.29 is 4.79 Å². The lowest BCUT2D eigenvalue weighted by Gasteiger charge is -2.05. The zero-order chi connectivity index (χ0) is 12.1. The van der Waals surface area contributed by atoms with Crippen LogP contribution in [-0.4, -0.2) is 20.3 Å². The van der Waals surface area contributed by atoms with Crippen LogP contribution in [0.1, 0.15) is 29.5 Å². The third-order valence-corrected chi connectivity index (χ3v) is 2.52. The van der Waals surface area contributed by atoms with Crippen LogP contribution in [0.25, 0.3) is 0 Å². The highest BCUT2D eigenvalue weighted by Gasteiger charge is 2.12. The number of nitrogens with zero attached hydrogens (tertiary/aromatic N) is 3. The number of hydrogen-bond donors (Lipinski definition) is 0. The Bertz CT molecular complexity index is 490. The highest BCUT2D eigenvalue weighted by Crippen LogP contribution is 2.06. The molecule has 0 spiro atoms. The number of hydrogen-bond acceptors (Lipinski definition) is 3. The minimum atomic E-state index is 0.0384. The molecule has 0 bridgehead atoms. The summed E-state index contributed by atoms with van der Waals surface area (Å²) in [7, 11) is 0. The third kappa shape index (κ3) is 2.78. The largest absolute Gasteiger partial charge is 0.329 e. The predicted octanol–water partition coefficient (Wildman–Crippen LogP) is 2.11. The van der Waals surface area contributed by atoms with Crippen molar-refractivity contribution in [2.24, 2.45) is 0 Å². The van der Waals surface area contributed by atoms with Crippen LogP contribution in [0.5, 0.6) is 0 Å². The summed E-state index contributed by atoms with van der Waals surface area (Å²) < 4.78 is 1.90. The fourth-order valence-electron chi connectivity index (χ4n) is 1.75. The van der Waals surface area contributed by atoms with E-state index in [0.717, 1.165) is 18.5 Å². The van der Waals surface area contributed by atoms with Crippen molar-refractivity contribution in [1.82, 2.24) is 14.5 Å². The van der Waals surface area contributed by atoms with Gasteiger partial charge in [-0.25, -0.2) is 4.98 Å². The lowest BCUT2D eigenvalue weighted by atomic mass is 10.1. The molecule has 2 rings (SSSR count). The average molecular weight is 229 g/mol. The van der Waals surface area contributed by atoms with Crippen molar-refractivity contribution in [3.63, 3.8) is 0 Å². The van der Waals surface area contributed by atoms with E-state index in [1.165, 1.54) is 0 Å². The maximum absolute atomic E-state index is 12.1. The molecule has 4 heteroatoms. The van der Waals surface area contributed by atoms with Crippen LogP contribution >= 0.6 is 0 Å². The molecule has 2 aromatic rings. The number of ketones is 1. The summed E-state index contributed by atoms with van der Waals surface area (Å²) in [5, 5.41) is 0. The average Bonchev–Trinajstić information content (AvgIpc) is 2.79. The van der Waals surface area contributed by atoms with Gasteiger partial charge in [0, 0.05) is 37.8 Å². The zero-order valence-electron chi connectivity index (χ0n) is 9.84. The number of rotatable bonds is 5. The van der Waals surface area contributed by atoms with Crippen molar-refractivity contribution >= 4 is 5.78 Å². The topological polar surface area (TPSA) is 47.8 Å². The monoisotopic (exact) mass is 229 g/mol. The number of carbonyl (C=O) groups excluding carboxylic acids is 1. The van der Waals surface area contributed by atoms with E-state index in [4.69, 9.17) is 0 Å². The van der Waals surface area contributed by atoms with Crippen LogP contribution in [-0.2, 0) is 13.0 Å². The number of aryl methyl sites for hydroxylation is 1. The number of carbonyl (C=O) groups is 1. The SMILES string of the molecule is CCCn1ccnc1C(=O)Cc1cccnc1. The minimum absolute atomic E-state index is 0.0384. The Morgan fingerprint density at radius 1 is 1.41 bits per heavy atom. The van der Waals surface area contributed by atoms with Gasteiger partial charge in [0.2, 0.25) is 5.78 Å². The second-order valence-electron chi connectivity index (χ2n) is 3.91. The van der Waals surface area contributed by atoms with Crippen molar-refractivity contribution in [3.05, 3.63) is 48.3 Å². The van der Waals surface area contributed by atoms with E-state index in [1.54, 1.807) is 18.6 Å². The van der Waals surface area contributed by atoms with Gasteiger partial charge in [0.15, 0.2) is 5.82 Å². The summed E-state index contributed by atoms with van der Waals surface area (Å²) in [6, 6.07) is 3.74. The van der Waals surface area contributed by atoms with Crippen molar-refractivity contribution in [3.8, 4) is 0 Å². The summed E-state index contributed by atoms with van der Waals surface area (Å²) in [6.45, 7) is 2.91. The van der Waals surface area contributed by atoms with Crippen molar-refractivity contribution in [2.75, 3.05) is 0 Å². The fourth-order valence-corrected chi connectivity index (χ4v) is 1.75. The van der Waals surface area contributed by atoms with E-state index < -0.39 is 0 Å². The van der Waals surface area contributed by atoms with E-state index in [9.17, 15) is 4.79 Å². The van der Waals surface area contributed by atoms with Crippen LogP contribution < -0.4 is 0 Å². The summed E-state index contributed by atoms with van der Waals surface area (Å²) in [6.07, 6.45) is 8.28. The Hall–Kier alpha value is -1.97. The van der Waals surface area contributed by atoms with Gasteiger partial charge < -0.3 is 4.57 Å². The van der Waals surface area contributed by atoms with Crippen molar-refractivity contribution in [2.45, 2.75) is 26.3 Å². The van der Waals surface area contributed by atoms with Gasteiger partial charge in [-0.2, -0.15) is 0 Å². The molecule has 4 nitrogen and oxygen atoms in total. The van der Waals surface area contributed by atoms with Crippen LogP contribution in [0.4, 0.5) is 0 Å². The van der Waals surface area contributed by atoms with Crippen LogP contribution in [0.2, 0.25) is 0 Å². The second kappa shape index (κ2) is 5.39. The molecule has 0 aliphatic carbocycles. The molecule has 88 valence electrons. The Labute approximate surface area is 100 Å². The lowest BCUT2D eigenvalue weighted by molar-refractivity contribution is 0.0978. The first-order valence-electron chi connectivity index (χ1n) is 5.74. The van der Waals surface area contributed by atoms with E-state index in [-0.39, 0.29) is 5.78 Å². The number of pyridine rings is 1. The van der Waals surface area contributed by atoms with E-state index in [1.807, 2.05) is 22.9 Å². The van der Waals surface area contributed by atoms with E-state index >= 15 is 0 Å². The van der Waals surface area contributed by atoms with Crippen LogP contribution in [0.15, 0.2) is 36.9 Å². The van der Waals surface area contributed by atoms with Gasteiger partial charge >= 0.3 is 0 Å². The van der Waals surface area contributed by atoms with E-state index in [0.29, 0.717) is 12.2 Å². The number of Topliss-reactive ketones (excluding diaryl/α,β-unsaturated/α-hetero) is 1.